The lowest BCUT2D eigenvalue weighted by Gasteiger charge is -2.15. The molecule has 0 radical (unpaired) electrons. The second kappa shape index (κ2) is 8.72. The van der Waals surface area contributed by atoms with Gasteiger partial charge in [0.15, 0.2) is 5.82 Å². The molecule has 21 heavy (non-hydrogen) atoms. The fourth-order valence-electron chi connectivity index (χ4n) is 2.39. The van der Waals surface area contributed by atoms with E-state index < -0.39 is 11.6 Å². The molecule has 0 aliphatic carbocycles. The number of carbonyl (C=O) groups excluding carboxylic acids is 1. The maximum Gasteiger partial charge on any atom is 0.224 e. The van der Waals surface area contributed by atoms with Crippen LogP contribution in [-0.4, -0.2) is 12.5 Å². The Morgan fingerprint density at radius 3 is 2.62 bits per heavy atom. The molecular formula is C16H24F2N2O. The zero-order valence-corrected chi connectivity index (χ0v) is 12.7. The van der Waals surface area contributed by atoms with E-state index in [9.17, 15) is 13.6 Å². The summed E-state index contributed by atoms with van der Waals surface area (Å²) in [6, 6.07) is 2.50. The molecule has 0 spiro atoms. The van der Waals surface area contributed by atoms with E-state index in [1.54, 1.807) is 0 Å². The number of anilines is 1. The summed E-state index contributed by atoms with van der Waals surface area (Å²) in [7, 11) is 0. The molecular weight excluding hydrogens is 274 g/mol. The van der Waals surface area contributed by atoms with Crippen molar-refractivity contribution < 1.29 is 13.6 Å². The summed E-state index contributed by atoms with van der Waals surface area (Å²) in [5.74, 6) is -1.44. The average molecular weight is 298 g/mol. The molecule has 1 aromatic rings. The molecule has 0 saturated carbocycles. The number of hydrogen-bond donors (Lipinski definition) is 2. The van der Waals surface area contributed by atoms with Crippen LogP contribution in [0.1, 0.15) is 44.6 Å². The molecule has 3 nitrogen and oxygen atoms in total. The summed E-state index contributed by atoms with van der Waals surface area (Å²) in [6.07, 6.45) is 3.85. The van der Waals surface area contributed by atoms with Crippen molar-refractivity contribution in [3.05, 3.63) is 29.3 Å². The second-order valence-corrected chi connectivity index (χ2v) is 5.37. The van der Waals surface area contributed by atoms with Crippen molar-refractivity contribution in [1.29, 1.82) is 0 Å². The summed E-state index contributed by atoms with van der Waals surface area (Å²) in [4.78, 5) is 11.9. The zero-order valence-electron chi connectivity index (χ0n) is 12.7. The van der Waals surface area contributed by atoms with Gasteiger partial charge in [0.25, 0.3) is 0 Å². The van der Waals surface area contributed by atoms with Gasteiger partial charge in [-0.15, -0.1) is 0 Å². The molecule has 1 rings (SSSR count). The fraction of sp³-hybridized carbons (Fsp3) is 0.562. The molecule has 0 heterocycles. The first-order valence-corrected chi connectivity index (χ1v) is 7.44. The third-order valence-corrected chi connectivity index (χ3v) is 3.60. The standard InChI is InChI=1S/C16H24F2N2O/c1-3-4-12(9-10-19)6-8-14(21)20-16-13(17)7-5-11(2)15(16)18/h5,7,12H,3-4,6,8-10,19H2,1-2H3,(H,20,21). The Kier molecular flexibility index (Phi) is 7.29. The van der Waals surface area contributed by atoms with Gasteiger partial charge < -0.3 is 11.1 Å². The van der Waals surface area contributed by atoms with Crippen molar-refractivity contribution >= 4 is 11.6 Å². The first-order chi connectivity index (χ1) is 9.99. The van der Waals surface area contributed by atoms with Gasteiger partial charge in [0, 0.05) is 6.42 Å². The lowest BCUT2D eigenvalue weighted by Crippen LogP contribution is -2.17. The summed E-state index contributed by atoms with van der Waals surface area (Å²) >= 11 is 0. The molecule has 3 N–H and O–H groups in total. The smallest absolute Gasteiger partial charge is 0.224 e. The van der Waals surface area contributed by atoms with E-state index >= 15 is 0 Å². The monoisotopic (exact) mass is 298 g/mol. The Bertz CT molecular complexity index is 472. The number of amides is 1. The van der Waals surface area contributed by atoms with Crippen LogP contribution in [0.15, 0.2) is 12.1 Å². The Balaban J connectivity index is 2.60. The predicted molar refractivity (Wildman–Crippen MR) is 81.0 cm³/mol. The van der Waals surface area contributed by atoms with Crippen LogP contribution in [0.25, 0.3) is 0 Å². The number of benzene rings is 1. The summed E-state index contributed by atoms with van der Waals surface area (Å²) in [5.41, 5.74) is 5.49. The van der Waals surface area contributed by atoms with E-state index in [0.717, 1.165) is 25.3 Å². The normalized spacial score (nSPS) is 12.2. The van der Waals surface area contributed by atoms with E-state index in [4.69, 9.17) is 5.73 Å². The maximum atomic E-state index is 13.8. The quantitative estimate of drug-likeness (QED) is 0.768. The number of hydrogen-bond acceptors (Lipinski definition) is 2. The molecule has 1 unspecified atom stereocenters. The number of rotatable bonds is 8. The lowest BCUT2D eigenvalue weighted by molar-refractivity contribution is -0.116. The number of nitrogens with one attached hydrogen (secondary N) is 1. The molecule has 0 bridgehead atoms. The molecule has 5 heteroatoms. The Morgan fingerprint density at radius 1 is 1.29 bits per heavy atom. The number of aryl methyl sites for hydroxylation is 1. The van der Waals surface area contributed by atoms with Crippen LogP contribution in [0.3, 0.4) is 0 Å². The summed E-state index contributed by atoms with van der Waals surface area (Å²) < 4.78 is 27.4. The zero-order chi connectivity index (χ0) is 15.8. The molecule has 1 aromatic carbocycles. The van der Waals surface area contributed by atoms with Gasteiger partial charge >= 0.3 is 0 Å². The highest BCUT2D eigenvalue weighted by atomic mass is 19.1. The van der Waals surface area contributed by atoms with Crippen molar-refractivity contribution in [2.75, 3.05) is 11.9 Å². The van der Waals surface area contributed by atoms with E-state index in [2.05, 4.69) is 12.2 Å². The first kappa shape index (κ1) is 17.6. The minimum atomic E-state index is -0.751. The summed E-state index contributed by atoms with van der Waals surface area (Å²) in [5, 5.41) is 2.34. The van der Waals surface area contributed by atoms with Crippen LogP contribution in [0.2, 0.25) is 0 Å². The minimum absolute atomic E-state index is 0.248. The highest BCUT2D eigenvalue weighted by molar-refractivity contribution is 5.91. The van der Waals surface area contributed by atoms with Crippen molar-refractivity contribution in [3.63, 3.8) is 0 Å². The van der Waals surface area contributed by atoms with Crippen molar-refractivity contribution in [2.24, 2.45) is 11.7 Å². The van der Waals surface area contributed by atoms with E-state index in [1.165, 1.54) is 13.0 Å². The van der Waals surface area contributed by atoms with Crippen LogP contribution in [0.4, 0.5) is 14.5 Å². The molecule has 0 fully saturated rings. The molecule has 118 valence electrons. The fourth-order valence-corrected chi connectivity index (χ4v) is 2.39. The summed E-state index contributed by atoms with van der Waals surface area (Å²) in [6.45, 7) is 4.21. The minimum Gasteiger partial charge on any atom is -0.330 e. The van der Waals surface area contributed by atoms with Gasteiger partial charge in [0.1, 0.15) is 11.5 Å². The van der Waals surface area contributed by atoms with Gasteiger partial charge in [-0.05, 0) is 43.9 Å². The second-order valence-electron chi connectivity index (χ2n) is 5.37. The van der Waals surface area contributed by atoms with Crippen molar-refractivity contribution in [1.82, 2.24) is 0 Å². The van der Waals surface area contributed by atoms with E-state index in [-0.39, 0.29) is 18.0 Å². The van der Waals surface area contributed by atoms with Gasteiger partial charge in [0.2, 0.25) is 5.91 Å². The van der Waals surface area contributed by atoms with Crippen LogP contribution in [-0.2, 0) is 4.79 Å². The topological polar surface area (TPSA) is 55.1 Å². The Hall–Kier alpha value is -1.49. The van der Waals surface area contributed by atoms with Crippen LogP contribution >= 0.6 is 0 Å². The molecule has 0 aliphatic rings. The first-order valence-electron chi connectivity index (χ1n) is 7.44. The van der Waals surface area contributed by atoms with Crippen molar-refractivity contribution in [2.45, 2.75) is 46.0 Å². The largest absolute Gasteiger partial charge is 0.330 e. The number of carbonyl (C=O) groups is 1. The molecule has 1 atom stereocenters. The third kappa shape index (κ3) is 5.42. The van der Waals surface area contributed by atoms with Gasteiger partial charge in [-0.1, -0.05) is 25.8 Å². The number of nitrogens with two attached hydrogens (primary N) is 1. The lowest BCUT2D eigenvalue weighted by atomic mass is 9.94. The molecule has 1 amide bonds. The number of halogens is 2. The Morgan fingerprint density at radius 2 is 2.00 bits per heavy atom. The molecule has 0 aromatic heterocycles. The average Bonchev–Trinajstić information content (AvgIpc) is 2.45. The highest BCUT2D eigenvalue weighted by Gasteiger charge is 2.15. The van der Waals surface area contributed by atoms with Crippen LogP contribution in [0.5, 0.6) is 0 Å². The van der Waals surface area contributed by atoms with Gasteiger partial charge in [-0.3, -0.25) is 4.79 Å². The third-order valence-electron chi connectivity index (χ3n) is 3.60. The van der Waals surface area contributed by atoms with Crippen LogP contribution in [0, 0.1) is 24.5 Å². The maximum absolute atomic E-state index is 13.8. The SMILES string of the molecule is CCCC(CCN)CCC(=O)Nc1c(F)ccc(C)c1F. The van der Waals surface area contributed by atoms with Gasteiger partial charge in [-0.2, -0.15) is 0 Å². The molecule has 0 saturated heterocycles. The predicted octanol–water partition coefficient (Wildman–Crippen LogP) is 3.76. The van der Waals surface area contributed by atoms with E-state index in [1.807, 2.05) is 0 Å². The Labute approximate surface area is 124 Å². The van der Waals surface area contributed by atoms with E-state index in [0.29, 0.717) is 24.4 Å². The molecule has 0 aliphatic heterocycles. The highest BCUT2D eigenvalue weighted by Crippen LogP contribution is 2.23. The van der Waals surface area contributed by atoms with Gasteiger partial charge in [-0.25, -0.2) is 8.78 Å². The van der Waals surface area contributed by atoms with Gasteiger partial charge in [0.05, 0.1) is 0 Å². The van der Waals surface area contributed by atoms with Crippen LogP contribution < -0.4 is 11.1 Å². The van der Waals surface area contributed by atoms with Crippen molar-refractivity contribution in [3.8, 4) is 0 Å².